The summed E-state index contributed by atoms with van der Waals surface area (Å²) in [5.41, 5.74) is 1.03. The number of aromatic nitrogens is 8. The van der Waals surface area contributed by atoms with Crippen molar-refractivity contribution in [3.8, 4) is 33.7 Å². The van der Waals surface area contributed by atoms with Crippen LogP contribution < -0.4 is 5.56 Å². The third-order valence-corrected chi connectivity index (χ3v) is 5.31. The fourth-order valence-electron chi connectivity index (χ4n) is 2.71. The highest BCUT2D eigenvalue weighted by Crippen LogP contribution is 2.23. The molecule has 10 nitrogen and oxygen atoms in total. The van der Waals surface area contributed by atoms with Gasteiger partial charge in [0.1, 0.15) is 22.2 Å². The van der Waals surface area contributed by atoms with Gasteiger partial charge in [0.05, 0.1) is 17.8 Å². The van der Waals surface area contributed by atoms with E-state index >= 15 is 0 Å². The number of halogens is 2. The minimum atomic E-state index is -0.443. The third kappa shape index (κ3) is 4.13. The molecule has 0 saturated heterocycles. The second kappa shape index (κ2) is 8.32. The van der Waals surface area contributed by atoms with E-state index in [1.165, 1.54) is 46.5 Å². The van der Waals surface area contributed by atoms with Gasteiger partial charge in [-0.15, -0.1) is 10.2 Å². The van der Waals surface area contributed by atoms with Gasteiger partial charge < -0.3 is 4.52 Å². The SMILES string of the molecule is O=c1ccc(-c2nc(-c3cncc(Cl)c3)no2)nn1Cc1nnc(-c2ccc(F)cn2)s1. The highest BCUT2D eigenvalue weighted by Gasteiger charge is 2.15. The first-order valence-electron chi connectivity index (χ1n) is 9.03. The number of hydrogen-bond acceptors (Lipinski definition) is 10. The fourth-order valence-corrected chi connectivity index (χ4v) is 3.68. The minimum Gasteiger partial charge on any atom is -0.332 e. The lowest BCUT2D eigenvalue weighted by Crippen LogP contribution is -2.22. The first kappa shape index (κ1) is 20.0. The van der Waals surface area contributed by atoms with Gasteiger partial charge in [0, 0.05) is 24.0 Å². The van der Waals surface area contributed by atoms with Crippen molar-refractivity contribution in [2.75, 3.05) is 0 Å². The van der Waals surface area contributed by atoms with E-state index in [4.69, 9.17) is 16.1 Å². The summed E-state index contributed by atoms with van der Waals surface area (Å²) in [6, 6.07) is 7.28. The van der Waals surface area contributed by atoms with E-state index in [1.54, 1.807) is 12.3 Å². The number of pyridine rings is 2. The van der Waals surface area contributed by atoms with Crippen LogP contribution in [0.3, 0.4) is 0 Å². The minimum absolute atomic E-state index is 0.0741. The van der Waals surface area contributed by atoms with Crippen LogP contribution in [0.1, 0.15) is 5.01 Å². The normalized spacial score (nSPS) is 11.1. The number of nitrogens with zero attached hydrogens (tertiary/aromatic N) is 8. The van der Waals surface area contributed by atoms with Gasteiger partial charge in [0.25, 0.3) is 11.4 Å². The molecule has 0 bridgehead atoms. The lowest BCUT2D eigenvalue weighted by molar-refractivity contribution is 0.429. The summed E-state index contributed by atoms with van der Waals surface area (Å²) in [6.45, 7) is 0.0741. The molecule has 13 heteroatoms. The molecule has 0 saturated carbocycles. The molecular formula is C19H10ClFN8O2S. The van der Waals surface area contributed by atoms with Crippen molar-refractivity contribution < 1.29 is 8.91 Å². The van der Waals surface area contributed by atoms with Crippen molar-refractivity contribution in [1.29, 1.82) is 0 Å². The molecule has 5 aromatic rings. The Morgan fingerprint density at radius 2 is 1.97 bits per heavy atom. The molecule has 5 aromatic heterocycles. The van der Waals surface area contributed by atoms with Crippen molar-refractivity contribution >= 4 is 22.9 Å². The molecule has 0 aromatic carbocycles. The van der Waals surface area contributed by atoms with Gasteiger partial charge >= 0.3 is 0 Å². The monoisotopic (exact) mass is 468 g/mol. The first-order chi connectivity index (χ1) is 15.5. The van der Waals surface area contributed by atoms with Gasteiger partial charge in [0.15, 0.2) is 5.01 Å². The van der Waals surface area contributed by atoms with Crippen LogP contribution in [0.4, 0.5) is 4.39 Å². The van der Waals surface area contributed by atoms with Crippen molar-refractivity contribution in [2.24, 2.45) is 0 Å². The predicted octanol–water partition coefficient (Wildman–Crippen LogP) is 3.11. The molecule has 32 heavy (non-hydrogen) atoms. The van der Waals surface area contributed by atoms with Gasteiger partial charge in [0.2, 0.25) is 5.82 Å². The van der Waals surface area contributed by atoms with Gasteiger partial charge in [-0.3, -0.25) is 14.8 Å². The zero-order valence-corrected chi connectivity index (χ0v) is 17.5. The molecule has 0 spiro atoms. The largest absolute Gasteiger partial charge is 0.332 e. The molecule has 158 valence electrons. The Kier molecular flexibility index (Phi) is 5.21. The molecule has 0 fully saturated rings. The lowest BCUT2D eigenvalue weighted by Gasteiger charge is -2.02. The standard InChI is InChI=1S/C19H10ClFN8O2S/c20-11-5-10(6-22-7-11)17-24-18(31-28-17)13-3-4-16(30)29(27-13)9-15-25-26-19(32-15)14-2-1-12(21)8-23-14/h1-8H,9H2. The lowest BCUT2D eigenvalue weighted by atomic mass is 10.3. The van der Waals surface area contributed by atoms with E-state index in [2.05, 4.69) is 35.4 Å². The van der Waals surface area contributed by atoms with E-state index < -0.39 is 5.82 Å². The molecular weight excluding hydrogens is 459 g/mol. The molecule has 0 radical (unpaired) electrons. The van der Waals surface area contributed by atoms with Crippen LogP contribution >= 0.6 is 22.9 Å². The summed E-state index contributed by atoms with van der Waals surface area (Å²) < 4.78 is 19.6. The average molecular weight is 469 g/mol. The Bertz CT molecular complexity index is 1470. The number of rotatable bonds is 5. The smallest absolute Gasteiger partial charge is 0.278 e. The van der Waals surface area contributed by atoms with E-state index in [0.29, 0.717) is 32.0 Å². The highest BCUT2D eigenvalue weighted by molar-refractivity contribution is 7.14. The second-order valence-corrected chi connectivity index (χ2v) is 7.89. The van der Waals surface area contributed by atoms with Crippen molar-refractivity contribution in [2.45, 2.75) is 6.54 Å². The Morgan fingerprint density at radius 1 is 1.09 bits per heavy atom. The highest BCUT2D eigenvalue weighted by atomic mass is 35.5. The van der Waals surface area contributed by atoms with Crippen LogP contribution in [-0.2, 0) is 6.54 Å². The van der Waals surface area contributed by atoms with Gasteiger partial charge in [-0.25, -0.2) is 9.07 Å². The zero-order valence-electron chi connectivity index (χ0n) is 15.9. The van der Waals surface area contributed by atoms with Crippen LogP contribution in [0.5, 0.6) is 0 Å². The Balaban J connectivity index is 1.40. The molecule has 0 atom stereocenters. The topological polar surface area (TPSA) is 125 Å². The molecule has 5 heterocycles. The summed E-state index contributed by atoms with van der Waals surface area (Å²) in [4.78, 5) is 24.6. The van der Waals surface area contributed by atoms with Crippen LogP contribution in [0.15, 0.2) is 58.2 Å². The maximum atomic E-state index is 13.1. The summed E-state index contributed by atoms with van der Waals surface area (Å²) in [5, 5.41) is 17.8. The average Bonchev–Trinajstić information content (AvgIpc) is 3.46. The van der Waals surface area contributed by atoms with Crippen LogP contribution in [0.25, 0.3) is 33.7 Å². The van der Waals surface area contributed by atoms with Gasteiger partial charge in [-0.05, 0) is 24.3 Å². The number of hydrogen-bond donors (Lipinski definition) is 0. The van der Waals surface area contributed by atoms with E-state index in [9.17, 15) is 9.18 Å². The quantitative estimate of drug-likeness (QED) is 0.382. The second-order valence-electron chi connectivity index (χ2n) is 6.39. The summed E-state index contributed by atoms with van der Waals surface area (Å²) >= 11 is 7.17. The Morgan fingerprint density at radius 3 is 2.78 bits per heavy atom. The Hall–Kier alpha value is -3.90. The van der Waals surface area contributed by atoms with Crippen LogP contribution in [0.2, 0.25) is 5.02 Å². The first-order valence-corrected chi connectivity index (χ1v) is 10.2. The molecule has 0 N–H and O–H groups in total. The van der Waals surface area contributed by atoms with E-state index in [-0.39, 0.29) is 23.8 Å². The van der Waals surface area contributed by atoms with Gasteiger partial charge in [-0.1, -0.05) is 28.1 Å². The predicted molar refractivity (Wildman–Crippen MR) is 112 cm³/mol. The summed E-state index contributed by atoms with van der Waals surface area (Å²) in [5.74, 6) is -0.0285. The summed E-state index contributed by atoms with van der Waals surface area (Å²) in [7, 11) is 0. The van der Waals surface area contributed by atoms with E-state index in [1.807, 2.05) is 0 Å². The van der Waals surface area contributed by atoms with E-state index in [0.717, 1.165) is 6.20 Å². The molecule has 5 rings (SSSR count). The molecule has 0 unspecified atom stereocenters. The molecule has 0 aliphatic carbocycles. The fraction of sp³-hybridized carbons (Fsp3) is 0.0526. The summed E-state index contributed by atoms with van der Waals surface area (Å²) in [6.07, 6.45) is 4.15. The van der Waals surface area contributed by atoms with Gasteiger partial charge in [-0.2, -0.15) is 10.1 Å². The third-order valence-electron chi connectivity index (χ3n) is 4.17. The van der Waals surface area contributed by atoms with Crippen molar-refractivity contribution in [1.82, 2.24) is 40.1 Å². The zero-order chi connectivity index (χ0) is 22.1. The van der Waals surface area contributed by atoms with Crippen molar-refractivity contribution in [3.05, 3.63) is 75.1 Å². The molecule has 0 amide bonds. The molecule has 0 aliphatic rings. The van der Waals surface area contributed by atoms with Crippen molar-refractivity contribution in [3.63, 3.8) is 0 Å². The Labute approximate surface area is 187 Å². The van der Waals surface area contributed by atoms with Crippen LogP contribution in [-0.4, -0.2) is 40.1 Å². The maximum Gasteiger partial charge on any atom is 0.278 e. The molecule has 0 aliphatic heterocycles. The van der Waals surface area contributed by atoms with Crippen LogP contribution in [0, 0.1) is 5.82 Å². The maximum absolute atomic E-state index is 13.1.